The van der Waals surface area contributed by atoms with Crippen LogP contribution in [0.2, 0.25) is 0 Å². The second kappa shape index (κ2) is 7.47. The summed E-state index contributed by atoms with van der Waals surface area (Å²) in [7, 11) is 0. The third-order valence-electron chi connectivity index (χ3n) is 4.58. The molecule has 0 spiro atoms. The van der Waals surface area contributed by atoms with E-state index in [9.17, 15) is 4.79 Å². The third kappa shape index (κ3) is 3.49. The highest BCUT2D eigenvalue weighted by Gasteiger charge is 2.21. The molecule has 3 aromatic rings. The summed E-state index contributed by atoms with van der Waals surface area (Å²) in [6.45, 7) is 0.763. The van der Waals surface area contributed by atoms with Gasteiger partial charge < -0.3 is 9.42 Å². The van der Waals surface area contributed by atoms with Crippen molar-refractivity contribution in [2.45, 2.75) is 32.1 Å². The molecule has 132 valence electrons. The lowest BCUT2D eigenvalue weighted by Gasteiger charge is -2.22. The molecular weight excluding hydrogens is 328 g/mol. The normalized spacial score (nSPS) is 13.9. The third-order valence-corrected chi connectivity index (χ3v) is 4.58. The topological polar surface area (TPSA) is 72.1 Å². The van der Waals surface area contributed by atoms with Gasteiger partial charge in [-0.1, -0.05) is 29.4 Å². The van der Waals surface area contributed by atoms with Crippen LogP contribution in [0.5, 0.6) is 0 Å². The number of anilines is 1. The lowest BCUT2D eigenvalue weighted by atomic mass is 10.1. The fraction of sp³-hybridized carbons (Fsp3) is 0.300. The second-order valence-corrected chi connectivity index (χ2v) is 6.36. The Kier molecular flexibility index (Phi) is 4.73. The first-order valence-electron chi connectivity index (χ1n) is 8.93. The first kappa shape index (κ1) is 16.4. The Balaban J connectivity index is 1.44. The van der Waals surface area contributed by atoms with E-state index in [0.29, 0.717) is 30.3 Å². The highest BCUT2D eigenvalue weighted by molar-refractivity contribution is 5.94. The van der Waals surface area contributed by atoms with E-state index in [2.05, 4.69) is 21.2 Å². The molecule has 0 saturated heterocycles. The van der Waals surface area contributed by atoms with Crippen LogP contribution in [0.15, 0.2) is 53.2 Å². The van der Waals surface area contributed by atoms with E-state index in [1.165, 1.54) is 5.56 Å². The molecule has 0 radical (unpaired) electrons. The maximum absolute atomic E-state index is 12.8. The van der Waals surface area contributed by atoms with Crippen molar-refractivity contribution in [3.05, 3.63) is 60.1 Å². The molecule has 1 amide bonds. The van der Waals surface area contributed by atoms with Crippen molar-refractivity contribution in [2.24, 2.45) is 0 Å². The highest BCUT2D eigenvalue weighted by Crippen LogP contribution is 2.26. The molecular formula is C20H20N4O2. The summed E-state index contributed by atoms with van der Waals surface area (Å²) < 4.78 is 5.28. The minimum absolute atomic E-state index is 0.0944. The number of rotatable bonds is 4. The smallest absolute Gasteiger partial charge is 0.227 e. The Hall–Kier alpha value is -3.02. The zero-order valence-electron chi connectivity index (χ0n) is 14.5. The van der Waals surface area contributed by atoms with Gasteiger partial charge in [0.1, 0.15) is 5.69 Å². The molecule has 0 atom stereocenters. The molecule has 4 rings (SSSR count). The number of hydrogen-bond acceptors (Lipinski definition) is 5. The summed E-state index contributed by atoms with van der Waals surface area (Å²) in [6, 6.07) is 13.7. The van der Waals surface area contributed by atoms with Gasteiger partial charge in [-0.15, -0.1) is 0 Å². The molecule has 6 heteroatoms. The van der Waals surface area contributed by atoms with Crippen molar-refractivity contribution in [1.82, 2.24) is 15.1 Å². The summed E-state index contributed by atoms with van der Waals surface area (Å²) in [5.41, 5.74) is 2.94. The fourth-order valence-electron chi connectivity index (χ4n) is 3.25. The largest absolute Gasteiger partial charge is 0.339 e. The quantitative estimate of drug-likeness (QED) is 0.722. The van der Waals surface area contributed by atoms with Gasteiger partial charge in [0, 0.05) is 31.3 Å². The van der Waals surface area contributed by atoms with Gasteiger partial charge in [-0.25, -0.2) is 0 Å². The molecule has 6 nitrogen and oxygen atoms in total. The van der Waals surface area contributed by atoms with Gasteiger partial charge in [0.05, 0.1) is 0 Å². The Bertz CT molecular complexity index is 892. The van der Waals surface area contributed by atoms with E-state index < -0.39 is 0 Å². The number of fused-ring (bicyclic) bond motifs is 1. The number of hydrogen-bond donors (Lipinski definition) is 0. The average molecular weight is 348 g/mol. The van der Waals surface area contributed by atoms with E-state index in [1.54, 1.807) is 6.20 Å². The number of aryl methyl sites for hydroxylation is 2. The Morgan fingerprint density at radius 2 is 2.00 bits per heavy atom. The van der Waals surface area contributed by atoms with Gasteiger partial charge in [-0.3, -0.25) is 9.78 Å². The van der Waals surface area contributed by atoms with Crippen LogP contribution >= 0.6 is 0 Å². The van der Waals surface area contributed by atoms with E-state index in [1.807, 2.05) is 41.3 Å². The van der Waals surface area contributed by atoms with Crippen molar-refractivity contribution >= 4 is 11.6 Å². The zero-order chi connectivity index (χ0) is 17.8. The first-order valence-corrected chi connectivity index (χ1v) is 8.93. The lowest BCUT2D eigenvalue weighted by molar-refractivity contribution is -0.118. The molecule has 0 fully saturated rings. The molecule has 0 unspecified atom stereocenters. The lowest BCUT2D eigenvalue weighted by Crippen LogP contribution is -2.31. The number of aromatic nitrogens is 3. The molecule has 2 aromatic heterocycles. The average Bonchev–Trinajstić information content (AvgIpc) is 3.06. The maximum Gasteiger partial charge on any atom is 0.227 e. The molecule has 1 aromatic carbocycles. The predicted molar refractivity (Wildman–Crippen MR) is 97.6 cm³/mol. The number of pyridine rings is 1. The summed E-state index contributed by atoms with van der Waals surface area (Å²) in [6.07, 6.45) is 5.61. The van der Waals surface area contributed by atoms with Crippen molar-refractivity contribution < 1.29 is 9.32 Å². The van der Waals surface area contributed by atoms with Crippen molar-refractivity contribution in [3.8, 4) is 11.5 Å². The Labute approximate surface area is 151 Å². The van der Waals surface area contributed by atoms with Crippen molar-refractivity contribution in [2.75, 3.05) is 11.4 Å². The summed E-state index contributed by atoms with van der Waals surface area (Å²) in [5, 5.41) is 3.95. The van der Waals surface area contributed by atoms with Crippen LogP contribution < -0.4 is 4.90 Å². The van der Waals surface area contributed by atoms with Crippen molar-refractivity contribution in [1.29, 1.82) is 0 Å². The van der Waals surface area contributed by atoms with E-state index >= 15 is 0 Å². The summed E-state index contributed by atoms with van der Waals surface area (Å²) in [5.74, 6) is 1.01. The van der Waals surface area contributed by atoms with E-state index in [0.717, 1.165) is 31.5 Å². The number of carbonyl (C=O) groups is 1. The Morgan fingerprint density at radius 3 is 2.88 bits per heavy atom. The van der Waals surface area contributed by atoms with Crippen LogP contribution in [0.4, 0.5) is 5.69 Å². The molecule has 26 heavy (non-hydrogen) atoms. The van der Waals surface area contributed by atoms with Crippen molar-refractivity contribution in [3.63, 3.8) is 0 Å². The standard InChI is InChI=1S/C20H20N4O2/c25-19(24-14-6-4-8-15-7-1-2-10-17(15)24)12-11-18-22-20(23-26-18)16-9-3-5-13-21-16/h1-3,5,7,9-10,13H,4,6,8,11-12,14H2. The van der Waals surface area contributed by atoms with Gasteiger partial charge in [0.2, 0.25) is 17.6 Å². The van der Waals surface area contributed by atoms with Gasteiger partial charge in [-0.2, -0.15) is 4.98 Å². The SMILES string of the molecule is O=C(CCc1nc(-c2ccccn2)no1)N1CCCCc2ccccc21. The van der Waals surface area contributed by atoms with Crippen LogP contribution in [0.1, 0.15) is 30.7 Å². The zero-order valence-corrected chi connectivity index (χ0v) is 14.5. The molecule has 0 bridgehead atoms. The monoisotopic (exact) mass is 348 g/mol. The summed E-state index contributed by atoms with van der Waals surface area (Å²) in [4.78, 5) is 23.2. The number of amides is 1. The molecule has 0 N–H and O–H groups in total. The number of benzene rings is 1. The molecule has 0 aliphatic carbocycles. The maximum atomic E-state index is 12.8. The van der Waals surface area contributed by atoms with Gasteiger partial charge >= 0.3 is 0 Å². The number of para-hydroxylation sites is 1. The van der Waals surface area contributed by atoms with E-state index in [4.69, 9.17) is 4.52 Å². The van der Waals surface area contributed by atoms with E-state index in [-0.39, 0.29) is 5.91 Å². The molecule has 1 aliphatic heterocycles. The fourth-order valence-corrected chi connectivity index (χ4v) is 3.25. The van der Waals surface area contributed by atoms with Gasteiger partial charge in [0.15, 0.2) is 0 Å². The van der Waals surface area contributed by atoms with Crippen LogP contribution in [0.25, 0.3) is 11.5 Å². The van der Waals surface area contributed by atoms with Gasteiger partial charge in [0.25, 0.3) is 0 Å². The molecule has 1 aliphatic rings. The van der Waals surface area contributed by atoms with Gasteiger partial charge in [-0.05, 0) is 43.0 Å². The minimum atomic E-state index is 0.0944. The summed E-state index contributed by atoms with van der Waals surface area (Å²) >= 11 is 0. The first-order chi connectivity index (χ1) is 12.8. The molecule has 3 heterocycles. The van der Waals surface area contributed by atoms with Crippen LogP contribution in [0, 0.1) is 0 Å². The second-order valence-electron chi connectivity index (χ2n) is 6.36. The van der Waals surface area contributed by atoms with Crippen LogP contribution in [0.3, 0.4) is 0 Å². The molecule has 0 saturated carbocycles. The number of carbonyl (C=O) groups excluding carboxylic acids is 1. The predicted octanol–water partition coefficient (Wildman–Crippen LogP) is 3.43. The Morgan fingerprint density at radius 1 is 1.12 bits per heavy atom. The minimum Gasteiger partial charge on any atom is -0.339 e. The highest BCUT2D eigenvalue weighted by atomic mass is 16.5. The van der Waals surface area contributed by atoms with Crippen LogP contribution in [-0.2, 0) is 17.6 Å². The van der Waals surface area contributed by atoms with Crippen LogP contribution in [-0.4, -0.2) is 27.6 Å². The number of nitrogens with zero attached hydrogens (tertiary/aromatic N) is 4.